The molecule has 1 aromatic heterocycles. The first-order chi connectivity index (χ1) is 10.7. The number of aromatic nitrogens is 4. The lowest BCUT2D eigenvalue weighted by Crippen LogP contribution is -2.26. The fraction of sp³-hybridized carbons (Fsp3) is 0.467. The summed E-state index contributed by atoms with van der Waals surface area (Å²) >= 11 is 1.34. The second-order valence-electron chi connectivity index (χ2n) is 5.06. The van der Waals surface area contributed by atoms with Crippen LogP contribution in [0.25, 0.3) is 5.69 Å². The Kier molecular flexibility index (Phi) is 6.39. The van der Waals surface area contributed by atoms with Crippen molar-refractivity contribution in [1.29, 1.82) is 0 Å². The van der Waals surface area contributed by atoms with Gasteiger partial charge in [0.15, 0.2) is 0 Å². The summed E-state index contributed by atoms with van der Waals surface area (Å²) in [6.45, 7) is 4.89. The van der Waals surface area contributed by atoms with Gasteiger partial charge in [0.1, 0.15) is 0 Å². The van der Waals surface area contributed by atoms with Crippen molar-refractivity contribution in [3.05, 3.63) is 29.8 Å². The zero-order valence-electron chi connectivity index (χ0n) is 13.0. The molecular weight excluding hydrogens is 298 g/mol. The number of nitrogens with zero attached hydrogens (tertiary/aromatic N) is 4. The van der Waals surface area contributed by atoms with E-state index in [1.165, 1.54) is 11.8 Å². The molecule has 0 unspecified atom stereocenters. The molecule has 118 valence electrons. The van der Waals surface area contributed by atoms with Gasteiger partial charge in [-0.3, -0.25) is 4.79 Å². The number of benzene rings is 1. The highest BCUT2D eigenvalue weighted by atomic mass is 32.2. The van der Waals surface area contributed by atoms with Gasteiger partial charge in [0.25, 0.3) is 0 Å². The molecule has 0 spiro atoms. The Bertz CT molecular complexity index is 613. The number of nitrogens with one attached hydrogen (secondary N) is 1. The minimum Gasteiger partial charge on any atom is -0.355 e. The molecule has 7 heteroatoms. The van der Waals surface area contributed by atoms with Crippen LogP contribution in [0.3, 0.4) is 0 Å². The number of carbonyl (C=O) groups excluding carboxylic acids is 1. The number of hydrogen-bond donors (Lipinski definition) is 1. The summed E-state index contributed by atoms with van der Waals surface area (Å²) in [5.41, 5.74) is 2.04. The van der Waals surface area contributed by atoms with Crippen LogP contribution in [-0.4, -0.2) is 38.4 Å². The quantitative estimate of drug-likeness (QED) is 0.597. The van der Waals surface area contributed by atoms with E-state index in [2.05, 4.69) is 27.8 Å². The fourth-order valence-electron chi connectivity index (χ4n) is 1.97. The molecule has 0 aliphatic carbocycles. The molecule has 0 aliphatic rings. The minimum atomic E-state index is 0.0138. The first-order valence-electron chi connectivity index (χ1n) is 7.45. The van der Waals surface area contributed by atoms with Crippen molar-refractivity contribution in [3.8, 4) is 5.69 Å². The van der Waals surface area contributed by atoms with Crippen LogP contribution in [0.15, 0.2) is 29.4 Å². The largest absolute Gasteiger partial charge is 0.355 e. The van der Waals surface area contributed by atoms with Crippen molar-refractivity contribution in [3.63, 3.8) is 0 Å². The van der Waals surface area contributed by atoms with Crippen molar-refractivity contribution in [2.24, 2.45) is 0 Å². The van der Waals surface area contributed by atoms with Gasteiger partial charge in [-0.25, -0.2) is 0 Å². The zero-order chi connectivity index (χ0) is 15.8. The van der Waals surface area contributed by atoms with Gasteiger partial charge in [-0.05, 0) is 41.5 Å². The number of carbonyl (C=O) groups is 1. The van der Waals surface area contributed by atoms with E-state index in [1.54, 1.807) is 4.68 Å². The molecule has 1 amide bonds. The minimum absolute atomic E-state index is 0.0138. The van der Waals surface area contributed by atoms with Crippen LogP contribution >= 0.6 is 11.8 Å². The van der Waals surface area contributed by atoms with Crippen LogP contribution in [0.4, 0.5) is 0 Å². The van der Waals surface area contributed by atoms with Crippen LogP contribution in [0.5, 0.6) is 0 Å². The van der Waals surface area contributed by atoms with Crippen molar-refractivity contribution in [1.82, 2.24) is 25.5 Å². The normalized spacial score (nSPS) is 10.6. The van der Waals surface area contributed by atoms with Gasteiger partial charge in [0.05, 0.1) is 11.4 Å². The number of amides is 1. The predicted molar refractivity (Wildman–Crippen MR) is 87.1 cm³/mol. The number of hydrogen-bond acceptors (Lipinski definition) is 5. The first-order valence-corrected chi connectivity index (χ1v) is 8.44. The SMILES string of the molecule is CCCCCNC(=O)CSc1nnnn1-c1cccc(C)c1. The van der Waals surface area contributed by atoms with Gasteiger partial charge in [0.2, 0.25) is 11.1 Å². The summed E-state index contributed by atoms with van der Waals surface area (Å²) in [5.74, 6) is 0.332. The molecule has 1 N–H and O–H groups in total. The molecule has 2 rings (SSSR count). The third kappa shape index (κ3) is 4.84. The summed E-state index contributed by atoms with van der Waals surface area (Å²) in [6.07, 6.45) is 3.31. The Balaban J connectivity index is 1.89. The van der Waals surface area contributed by atoms with Crippen molar-refractivity contribution in [2.45, 2.75) is 38.3 Å². The number of tetrazole rings is 1. The van der Waals surface area contributed by atoms with E-state index in [9.17, 15) is 4.79 Å². The van der Waals surface area contributed by atoms with Crippen LogP contribution in [0, 0.1) is 6.92 Å². The molecule has 0 aliphatic heterocycles. The van der Waals surface area contributed by atoms with E-state index in [1.807, 2.05) is 31.2 Å². The highest BCUT2D eigenvalue weighted by molar-refractivity contribution is 7.99. The summed E-state index contributed by atoms with van der Waals surface area (Å²) in [4.78, 5) is 11.8. The van der Waals surface area contributed by atoms with Gasteiger partial charge in [0, 0.05) is 6.54 Å². The van der Waals surface area contributed by atoms with Gasteiger partial charge in [-0.2, -0.15) is 4.68 Å². The Morgan fingerprint density at radius 2 is 2.23 bits per heavy atom. The van der Waals surface area contributed by atoms with Crippen LogP contribution in [0.2, 0.25) is 0 Å². The van der Waals surface area contributed by atoms with E-state index in [-0.39, 0.29) is 5.91 Å². The molecule has 22 heavy (non-hydrogen) atoms. The summed E-state index contributed by atoms with van der Waals surface area (Å²) in [5, 5.41) is 15.2. The smallest absolute Gasteiger partial charge is 0.230 e. The number of unbranched alkanes of at least 4 members (excludes halogenated alkanes) is 2. The second-order valence-corrected chi connectivity index (χ2v) is 6.00. The maximum Gasteiger partial charge on any atom is 0.230 e. The third-order valence-electron chi connectivity index (χ3n) is 3.12. The van der Waals surface area contributed by atoms with Crippen molar-refractivity contribution >= 4 is 17.7 Å². The van der Waals surface area contributed by atoms with Crippen molar-refractivity contribution in [2.75, 3.05) is 12.3 Å². The lowest BCUT2D eigenvalue weighted by Gasteiger charge is -2.06. The molecule has 1 aromatic carbocycles. The predicted octanol–water partition coefficient (Wildman–Crippen LogP) is 2.37. The molecule has 0 atom stereocenters. The topological polar surface area (TPSA) is 72.7 Å². The van der Waals surface area contributed by atoms with E-state index >= 15 is 0 Å². The van der Waals surface area contributed by atoms with Crippen LogP contribution < -0.4 is 5.32 Å². The average molecular weight is 319 g/mol. The fourth-order valence-corrected chi connectivity index (χ4v) is 2.70. The van der Waals surface area contributed by atoms with Crippen LogP contribution in [-0.2, 0) is 4.79 Å². The Morgan fingerprint density at radius 1 is 1.36 bits per heavy atom. The average Bonchev–Trinajstić information content (AvgIpc) is 2.98. The monoisotopic (exact) mass is 319 g/mol. The first kappa shape index (κ1) is 16.5. The number of thioether (sulfide) groups is 1. The number of rotatable bonds is 8. The van der Waals surface area contributed by atoms with Gasteiger partial charge >= 0.3 is 0 Å². The summed E-state index contributed by atoms with van der Waals surface area (Å²) in [7, 11) is 0. The van der Waals surface area contributed by atoms with Gasteiger partial charge in [-0.15, -0.1) is 5.10 Å². The third-order valence-corrected chi connectivity index (χ3v) is 4.04. The standard InChI is InChI=1S/C15H21N5OS/c1-3-4-5-9-16-14(21)11-22-15-17-18-19-20(15)13-8-6-7-12(2)10-13/h6-8,10H,3-5,9,11H2,1-2H3,(H,16,21). The Labute approximate surface area is 134 Å². The maximum atomic E-state index is 11.8. The highest BCUT2D eigenvalue weighted by Gasteiger charge is 2.11. The molecule has 0 saturated carbocycles. The molecule has 2 aromatic rings. The second kappa shape index (κ2) is 8.53. The van der Waals surface area contributed by atoms with E-state index in [4.69, 9.17) is 0 Å². The molecule has 0 saturated heterocycles. The molecule has 0 bridgehead atoms. The van der Waals surface area contributed by atoms with E-state index < -0.39 is 0 Å². The summed E-state index contributed by atoms with van der Waals surface area (Å²) in [6, 6.07) is 7.93. The zero-order valence-corrected chi connectivity index (χ0v) is 13.8. The Morgan fingerprint density at radius 3 is 3.00 bits per heavy atom. The Hall–Kier alpha value is -1.89. The van der Waals surface area contributed by atoms with Crippen molar-refractivity contribution < 1.29 is 4.79 Å². The number of aryl methyl sites for hydroxylation is 1. The van der Waals surface area contributed by atoms with E-state index in [0.717, 1.165) is 37.1 Å². The van der Waals surface area contributed by atoms with Gasteiger partial charge < -0.3 is 5.32 Å². The van der Waals surface area contributed by atoms with Crippen LogP contribution in [0.1, 0.15) is 31.7 Å². The molecule has 6 nitrogen and oxygen atoms in total. The molecule has 1 heterocycles. The highest BCUT2D eigenvalue weighted by Crippen LogP contribution is 2.18. The molecule has 0 fully saturated rings. The maximum absolute atomic E-state index is 11.8. The van der Waals surface area contributed by atoms with E-state index in [0.29, 0.717) is 10.9 Å². The van der Waals surface area contributed by atoms with Gasteiger partial charge in [-0.1, -0.05) is 43.7 Å². The summed E-state index contributed by atoms with van der Waals surface area (Å²) < 4.78 is 1.65. The lowest BCUT2D eigenvalue weighted by atomic mass is 10.2. The molecular formula is C15H21N5OS. The molecule has 0 radical (unpaired) electrons. The lowest BCUT2D eigenvalue weighted by molar-refractivity contribution is -0.118.